The van der Waals surface area contributed by atoms with E-state index in [2.05, 4.69) is 30.4 Å². The Hall–Kier alpha value is -2.14. The van der Waals surface area contributed by atoms with Gasteiger partial charge in [-0.3, -0.25) is 10.1 Å². The molecule has 19 heavy (non-hydrogen) atoms. The van der Waals surface area contributed by atoms with Crippen molar-refractivity contribution in [1.29, 1.82) is 0 Å². The fourth-order valence-corrected chi connectivity index (χ4v) is 1.87. The molecule has 0 fully saturated rings. The molecule has 0 aliphatic rings. The molecule has 0 amide bonds. The third kappa shape index (κ3) is 3.93. The molecule has 0 radical (unpaired) electrons. The zero-order valence-electron chi connectivity index (χ0n) is 10.8. The Kier molecular flexibility index (Phi) is 4.30. The second-order valence-electron chi connectivity index (χ2n) is 4.41. The van der Waals surface area contributed by atoms with E-state index in [1.54, 1.807) is 6.07 Å². The van der Waals surface area contributed by atoms with Gasteiger partial charge in [0, 0.05) is 0 Å². The number of nitrogens with one attached hydrogen (secondary N) is 1. The number of aryl methyl sites for hydroxylation is 1. The predicted molar refractivity (Wildman–Crippen MR) is 72.0 cm³/mol. The lowest BCUT2D eigenvalue weighted by Gasteiger charge is -2.03. The van der Waals surface area contributed by atoms with Gasteiger partial charge in [0.2, 0.25) is 0 Å². The van der Waals surface area contributed by atoms with Crippen LogP contribution in [0.1, 0.15) is 16.9 Å². The Morgan fingerprint density at radius 3 is 2.84 bits per heavy atom. The molecule has 5 heteroatoms. The number of rotatable bonds is 6. The van der Waals surface area contributed by atoms with E-state index < -0.39 is 4.92 Å². The Morgan fingerprint density at radius 2 is 2.16 bits per heavy atom. The number of nitrogens with zero attached hydrogens (tertiary/aromatic N) is 1. The molecule has 0 atom stereocenters. The van der Waals surface area contributed by atoms with Crippen molar-refractivity contribution in [3.8, 4) is 0 Å². The lowest BCUT2D eigenvalue weighted by Crippen LogP contribution is -2.16. The van der Waals surface area contributed by atoms with Gasteiger partial charge in [-0.15, -0.1) is 0 Å². The van der Waals surface area contributed by atoms with Crippen LogP contribution in [0.5, 0.6) is 0 Å². The van der Waals surface area contributed by atoms with Gasteiger partial charge in [0.1, 0.15) is 10.7 Å². The first-order valence-corrected chi connectivity index (χ1v) is 6.14. The van der Waals surface area contributed by atoms with Gasteiger partial charge in [-0.1, -0.05) is 29.8 Å². The Morgan fingerprint density at radius 1 is 1.32 bits per heavy atom. The largest absolute Gasteiger partial charge is 0.433 e. The molecule has 0 saturated heterocycles. The van der Waals surface area contributed by atoms with E-state index in [1.165, 1.54) is 17.2 Å². The summed E-state index contributed by atoms with van der Waals surface area (Å²) in [4.78, 5) is 9.92. The normalized spacial score (nSPS) is 10.6. The lowest BCUT2D eigenvalue weighted by molar-refractivity contribution is -0.402. The number of hydrogen-bond donors (Lipinski definition) is 1. The SMILES string of the molecule is Cc1cccc(CCNCc2ccc([N+](=O)[O-])o2)c1. The van der Waals surface area contributed by atoms with Crippen molar-refractivity contribution in [1.82, 2.24) is 5.32 Å². The van der Waals surface area contributed by atoms with Crippen LogP contribution in [-0.4, -0.2) is 11.5 Å². The average Bonchev–Trinajstić information content (AvgIpc) is 2.84. The third-order valence-electron chi connectivity index (χ3n) is 2.80. The molecular weight excluding hydrogens is 244 g/mol. The van der Waals surface area contributed by atoms with Crippen molar-refractivity contribution in [3.05, 3.63) is 63.4 Å². The monoisotopic (exact) mass is 260 g/mol. The molecule has 5 nitrogen and oxygen atoms in total. The fourth-order valence-electron chi connectivity index (χ4n) is 1.87. The summed E-state index contributed by atoms with van der Waals surface area (Å²) in [5, 5.41) is 13.7. The molecule has 2 rings (SSSR count). The standard InChI is InChI=1S/C14H16N2O3/c1-11-3-2-4-12(9-11)7-8-15-10-13-5-6-14(19-13)16(17)18/h2-6,9,15H,7-8,10H2,1H3. The Balaban J connectivity index is 1.76. The van der Waals surface area contributed by atoms with Crippen molar-refractivity contribution in [3.63, 3.8) is 0 Å². The minimum Gasteiger partial charge on any atom is -0.404 e. The first-order valence-electron chi connectivity index (χ1n) is 6.14. The van der Waals surface area contributed by atoms with E-state index in [9.17, 15) is 10.1 Å². The second-order valence-corrected chi connectivity index (χ2v) is 4.41. The molecule has 0 aliphatic heterocycles. The first-order chi connectivity index (χ1) is 9.15. The second kappa shape index (κ2) is 6.15. The van der Waals surface area contributed by atoms with Gasteiger partial charge in [-0.05, 0) is 31.5 Å². The summed E-state index contributed by atoms with van der Waals surface area (Å²) in [6.07, 6.45) is 0.921. The molecule has 1 heterocycles. The van der Waals surface area contributed by atoms with Crippen LogP contribution in [0.3, 0.4) is 0 Å². The highest BCUT2D eigenvalue weighted by atomic mass is 16.6. The van der Waals surface area contributed by atoms with Crippen LogP contribution in [0, 0.1) is 17.0 Å². The maximum Gasteiger partial charge on any atom is 0.433 e. The van der Waals surface area contributed by atoms with Crippen molar-refractivity contribution in [2.24, 2.45) is 0 Å². The fraction of sp³-hybridized carbons (Fsp3) is 0.286. The van der Waals surface area contributed by atoms with Crippen molar-refractivity contribution < 1.29 is 9.34 Å². The molecule has 1 N–H and O–H groups in total. The molecule has 0 bridgehead atoms. The molecule has 0 unspecified atom stereocenters. The molecular formula is C14H16N2O3. The molecule has 0 spiro atoms. The maximum absolute atomic E-state index is 10.5. The zero-order chi connectivity index (χ0) is 13.7. The van der Waals surface area contributed by atoms with Gasteiger partial charge in [0.25, 0.3) is 0 Å². The minimum absolute atomic E-state index is 0.213. The summed E-state index contributed by atoms with van der Waals surface area (Å²) in [5.74, 6) is 0.367. The number of furan rings is 1. The van der Waals surface area contributed by atoms with E-state index in [1.807, 2.05) is 6.07 Å². The van der Waals surface area contributed by atoms with Crippen LogP contribution in [0.25, 0.3) is 0 Å². The van der Waals surface area contributed by atoms with Crippen molar-refractivity contribution >= 4 is 5.88 Å². The highest BCUT2D eigenvalue weighted by Crippen LogP contribution is 2.15. The minimum atomic E-state index is -0.532. The summed E-state index contributed by atoms with van der Waals surface area (Å²) in [5.41, 5.74) is 2.53. The van der Waals surface area contributed by atoms with Crippen molar-refractivity contribution in [2.45, 2.75) is 19.9 Å². The Bertz CT molecular complexity index is 563. The van der Waals surface area contributed by atoms with E-state index in [0.29, 0.717) is 12.3 Å². The van der Waals surface area contributed by atoms with E-state index in [4.69, 9.17) is 4.42 Å². The summed E-state index contributed by atoms with van der Waals surface area (Å²) < 4.78 is 5.05. The summed E-state index contributed by atoms with van der Waals surface area (Å²) >= 11 is 0. The van der Waals surface area contributed by atoms with E-state index >= 15 is 0 Å². The number of hydrogen-bond acceptors (Lipinski definition) is 4. The third-order valence-corrected chi connectivity index (χ3v) is 2.80. The van der Waals surface area contributed by atoms with E-state index in [-0.39, 0.29) is 5.88 Å². The summed E-state index contributed by atoms with van der Waals surface area (Å²) in [6.45, 7) is 3.37. The van der Waals surface area contributed by atoms with Gasteiger partial charge in [-0.25, -0.2) is 0 Å². The molecule has 2 aromatic rings. The topological polar surface area (TPSA) is 68.3 Å². The number of benzene rings is 1. The van der Waals surface area contributed by atoms with Gasteiger partial charge >= 0.3 is 5.88 Å². The van der Waals surface area contributed by atoms with Gasteiger partial charge in [0.15, 0.2) is 0 Å². The Labute approximate surface area is 111 Å². The van der Waals surface area contributed by atoms with Gasteiger partial charge < -0.3 is 9.73 Å². The smallest absolute Gasteiger partial charge is 0.404 e. The first kappa shape index (κ1) is 13.3. The maximum atomic E-state index is 10.5. The predicted octanol–water partition coefficient (Wildman–Crippen LogP) is 2.83. The molecule has 1 aromatic carbocycles. The van der Waals surface area contributed by atoms with Crippen LogP contribution >= 0.6 is 0 Å². The molecule has 100 valence electrons. The van der Waals surface area contributed by atoms with Crippen LogP contribution in [0.15, 0.2) is 40.8 Å². The van der Waals surface area contributed by atoms with Crippen molar-refractivity contribution in [2.75, 3.05) is 6.54 Å². The van der Waals surface area contributed by atoms with Gasteiger partial charge in [0.05, 0.1) is 12.6 Å². The van der Waals surface area contributed by atoms with Gasteiger partial charge in [-0.2, -0.15) is 0 Å². The van der Waals surface area contributed by atoms with Crippen LogP contribution in [-0.2, 0) is 13.0 Å². The molecule has 0 saturated carbocycles. The summed E-state index contributed by atoms with van der Waals surface area (Å²) in [6, 6.07) is 11.3. The molecule has 1 aromatic heterocycles. The lowest BCUT2D eigenvalue weighted by atomic mass is 10.1. The number of nitro groups is 1. The van der Waals surface area contributed by atoms with E-state index in [0.717, 1.165) is 13.0 Å². The highest BCUT2D eigenvalue weighted by Gasteiger charge is 2.10. The quantitative estimate of drug-likeness (QED) is 0.492. The van der Waals surface area contributed by atoms with Crippen LogP contribution in [0.2, 0.25) is 0 Å². The highest BCUT2D eigenvalue weighted by molar-refractivity contribution is 5.22. The zero-order valence-corrected chi connectivity index (χ0v) is 10.8. The average molecular weight is 260 g/mol. The van der Waals surface area contributed by atoms with Crippen LogP contribution in [0.4, 0.5) is 5.88 Å². The van der Waals surface area contributed by atoms with Crippen LogP contribution < -0.4 is 5.32 Å². The molecule has 0 aliphatic carbocycles. The summed E-state index contributed by atoms with van der Waals surface area (Å²) in [7, 11) is 0.